The van der Waals surface area contributed by atoms with Gasteiger partial charge in [0.1, 0.15) is 16.7 Å². The third-order valence-electron chi connectivity index (χ3n) is 4.46. The van der Waals surface area contributed by atoms with Crippen LogP contribution in [0.5, 0.6) is 0 Å². The molecule has 8 nitrogen and oxygen atoms in total. The van der Waals surface area contributed by atoms with Crippen molar-refractivity contribution in [2.45, 2.75) is 37.5 Å². The SMILES string of the molecule is O=C(NC1CCC(n2nnc3cnc4[nH]ccc4c32)C1)OCC(F)(F)F. The molecule has 0 radical (unpaired) electrons. The number of amides is 1. The van der Waals surface area contributed by atoms with Gasteiger partial charge in [-0.1, -0.05) is 5.21 Å². The van der Waals surface area contributed by atoms with Crippen LogP contribution in [0.15, 0.2) is 18.5 Å². The minimum absolute atomic E-state index is 0.0200. The van der Waals surface area contributed by atoms with Gasteiger partial charge in [-0.2, -0.15) is 13.2 Å². The molecule has 1 aliphatic carbocycles. The number of carbonyl (C=O) groups is 1. The van der Waals surface area contributed by atoms with Crippen molar-refractivity contribution in [3.05, 3.63) is 18.5 Å². The highest BCUT2D eigenvalue weighted by atomic mass is 19.4. The second-order valence-corrected chi connectivity index (χ2v) is 6.27. The van der Waals surface area contributed by atoms with E-state index < -0.39 is 18.9 Å². The van der Waals surface area contributed by atoms with Crippen LogP contribution in [0.3, 0.4) is 0 Å². The Balaban J connectivity index is 1.47. The Hall–Kier alpha value is -2.85. The summed E-state index contributed by atoms with van der Waals surface area (Å²) in [6.07, 6.45) is -0.306. The molecule has 26 heavy (non-hydrogen) atoms. The van der Waals surface area contributed by atoms with Crippen molar-refractivity contribution < 1.29 is 22.7 Å². The zero-order chi connectivity index (χ0) is 18.3. The first kappa shape index (κ1) is 16.6. The number of carbonyl (C=O) groups excluding carboxylic acids is 1. The Labute approximate surface area is 144 Å². The molecule has 3 aromatic rings. The van der Waals surface area contributed by atoms with E-state index in [4.69, 9.17) is 0 Å². The van der Waals surface area contributed by atoms with Gasteiger partial charge in [0.05, 0.1) is 12.2 Å². The summed E-state index contributed by atoms with van der Waals surface area (Å²) in [5.74, 6) is 0. The fourth-order valence-electron chi connectivity index (χ4n) is 3.36. The molecule has 0 bridgehead atoms. The van der Waals surface area contributed by atoms with Crippen molar-refractivity contribution in [2.24, 2.45) is 0 Å². The van der Waals surface area contributed by atoms with Crippen LogP contribution in [-0.2, 0) is 4.74 Å². The number of H-pyrrole nitrogens is 1. The van der Waals surface area contributed by atoms with Gasteiger partial charge in [0.15, 0.2) is 6.61 Å². The standard InChI is InChI=1S/C15H15F3N6O2/c16-15(17,18)7-26-14(25)21-8-1-2-9(5-8)24-12-10-3-4-19-13(10)20-6-11(12)22-23-24/h3-4,6,8-9H,1-2,5,7H2,(H,19,20)(H,21,25). The predicted octanol–water partition coefficient (Wildman–Crippen LogP) is 2.69. The van der Waals surface area contributed by atoms with Gasteiger partial charge in [-0.25, -0.2) is 14.5 Å². The lowest BCUT2D eigenvalue weighted by atomic mass is 10.2. The highest BCUT2D eigenvalue weighted by Gasteiger charge is 2.32. The van der Waals surface area contributed by atoms with E-state index >= 15 is 0 Å². The van der Waals surface area contributed by atoms with Crippen LogP contribution in [0.1, 0.15) is 25.3 Å². The Morgan fingerprint density at radius 3 is 3.08 bits per heavy atom. The lowest BCUT2D eigenvalue weighted by Gasteiger charge is -2.15. The zero-order valence-electron chi connectivity index (χ0n) is 13.5. The molecule has 1 amide bonds. The summed E-state index contributed by atoms with van der Waals surface area (Å²) in [5.41, 5.74) is 2.24. The van der Waals surface area contributed by atoms with Gasteiger partial charge in [-0.3, -0.25) is 0 Å². The third-order valence-corrected chi connectivity index (χ3v) is 4.46. The van der Waals surface area contributed by atoms with E-state index in [1.54, 1.807) is 17.1 Å². The average molecular weight is 368 g/mol. The number of alkyl carbamates (subject to hydrolysis) is 1. The Morgan fingerprint density at radius 1 is 1.42 bits per heavy atom. The van der Waals surface area contributed by atoms with Crippen LogP contribution < -0.4 is 5.32 Å². The number of fused-ring (bicyclic) bond motifs is 3. The fourth-order valence-corrected chi connectivity index (χ4v) is 3.36. The summed E-state index contributed by atoms with van der Waals surface area (Å²) in [6.45, 7) is -1.60. The van der Waals surface area contributed by atoms with Gasteiger partial charge in [0.25, 0.3) is 0 Å². The first-order valence-electron chi connectivity index (χ1n) is 8.08. The number of nitrogens with one attached hydrogen (secondary N) is 2. The highest BCUT2D eigenvalue weighted by Crippen LogP contribution is 2.33. The van der Waals surface area contributed by atoms with E-state index in [1.807, 2.05) is 6.07 Å². The quantitative estimate of drug-likeness (QED) is 0.741. The number of aromatic nitrogens is 5. The molecule has 0 spiro atoms. The van der Waals surface area contributed by atoms with E-state index in [2.05, 4.69) is 30.3 Å². The van der Waals surface area contributed by atoms with Gasteiger partial charge >= 0.3 is 12.3 Å². The molecular formula is C15H15F3N6O2. The topological polar surface area (TPSA) is 97.7 Å². The van der Waals surface area contributed by atoms with Gasteiger partial charge in [-0.05, 0) is 25.3 Å². The summed E-state index contributed by atoms with van der Waals surface area (Å²) in [7, 11) is 0. The number of hydrogen-bond donors (Lipinski definition) is 2. The maximum absolute atomic E-state index is 12.1. The summed E-state index contributed by atoms with van der Waals surface area (Å²) in [4.78, 5) is 18.8. The number of rotatable bonds is 3. The van der Waals surface area contributed by atoms with Crippen LogP contribution in [0.4, 0.5) is 18.0 Å². The summed E-state index contributed by atoms with van der Waals surface area (Å²) >= 11 is 0. The second-order valence-electron chi connectivity index (χ2n) is 6.27. The molecule has 0 saturated heterocycles. The molecule has 4 rings (SSSR count). The van der Waals surface area contributed by atoms with E-state index in [0.717, 1.165) is 23.0 Å². The highest BCUT2D eigenvalue weighted by molar-refractivity contribution is 6.00. The molecule has 138 valence electrons. The fraction of sp³-hybridized carbons (Fsp3) is 0.467. The second kappa shape index (κ2) is 6.15. The van der Waals surface area contributed by atoms with Gasteiger partial charge in [-0.15, -0.1) is 5.10 Å². The molecule has 1 fully saturated rings. The molecule has 3 aromatic heterocycles. The number of pyridine rings is 1. The molecule has 1 saturated carbocycles. The first-order chi connectivity index (χ1) is 12.4. The molecule has 2 atom stereocenters. The zero-order valence-corrected chi connectivity index (χ0v) is 13.5. The van der Waals surface area contributed by atoms with E-state index in [0.29, 0.717) is 18.4 Å². The van der Waals surface area contributed by atoms with Crippen LogP contribution >= 0.6 is 0 Å². The normalized spacial score (nSPS) is 20.7. The van der Waals surface area contributed by atoms with Gasteiger partial charge in [0, 0.05) is 17.6 Å². The largest absolute Gasteiger partial charge is 0.440 e. The van der Waals surface area contributed by atoms with Crippen LogP contribution in [-0.4, -0.2) is 49.9 Å². The monoisotopic (exact) mass is 368 g/mol. The number of ether oxygens (including phenoxy) is 1. The molecule has 0 aromatic carbocycles. The smallest absolute Gasteiger partial charge is 0.422 e. The predicted molar refractivity (Wildman–Crippen MR) is 84.4 cm³/mol. The molecule has 2 unspecified atom stereocenters. The maximum atomic E-state index is 12.1. The molecule has 3 heterocycles. The number of halogens is 3. The maximum Gasteiger partial charge on any atom is 0.422 e. The molecule has 2 N–H and O–H groups in total. The van der Waals surface area contributed by atoms with Crippen molar-refractivity contribution in [3.8, 4) is 0 Å². The molecule has 1 aliphatic rings. The van der Waals surface area contributed by atoms with Crippen molar-refractivity contribution in [2.75, 3.05) is 6.61 Å². The summed E-state index contributed by atoms with van der Waals surface area (Å²) in [6, 6.07) is 1.60. The molecule has 0 aliphatic heterocycles. The van der Waals surface area contributed by atoms with E-state index in [1.165, 1.54) is 0 Å². The number of nitrogens with zero attached hydrogens (tertiary/aromatic N) is 4. The van der Waals surface area contributed by atoms with Crippen molar-refractivity contribution in [1.29, 1.82) is 0 Å². The van der Waals surface area contributed by atoms with Crippen LogP contribution in [0, 0.1) is 0 Å². The average Bonchev–Trinajstić information content (AvgIpc) is 3.29. The van der Waals surface area contributed by atoms with Gasteiger partial charge < -0.3 is 15.0 Å². The minimum Gasteiger partial charge on any atom is -0.440 e. The first-order valence-corrected chi connectivity index (χ1v) is 8.08. The summed E-state index contributed by atoms with van der Waals surface area (Å²) in [5, 5.41) is 11.7. The Morgan fingerprint density at radius 2 is 2.27 bits per heavy atom. The minimum atomic E-state index is -4.54. The molecule has 11 heteroatoms. The number of aromatic amines is 1. The lowest BCUT2D eigenvalue weighted by Crippen LogP contribution is -2.35. The Kier molecular flexibility index (Phi) is 3.93. The summed E-state index contributed by atoms with van der Waals surface area (Å²) < 4.78 is 42.3. The number of alkyl halides is 3. The van der Waals surface area contributed by atoms with E-state index in [9.17, 15) is 18.0 Å². The number of hydrogen-bond acceptors (Lipinski definition) is 5. The lowest BCUT2D eigenvalue weighted by molar-refractivity contribution is -0.160. The molecular weight excluding hydrogens is 353 g/mol. The van der Waals surface area contributed by atoms with Crippen molar-refractivity contribution >= 4 is 28.2 Å². The Bertz CT molecular complexity index is 950. The third kappa shape index (κ3) is 3.16. The van der Waals surface area contributed by atoms with Crippen molar-refractivity contribution in [1.82, 2.24) is 30.3 Å². The van der Waals surface area contributed by atoms with Crippen LogP contribution in [0.25, 0.3) is 22.1 Å². The van der Waals surface area contributed by atoms with Crippen LogP contribution in [0.2, 0.25) is 0 Å². The van der Waals surface area contributed by atoms with Crippen molar-refractivity contribution in [3.63, 3.8) is 0 Å². The van der Waals surface area contributed by atoms with Gasteiger partial charge in [0.2, 0.25) is 0 Å². The van der Waals surface area contributed by atoms with E-state index in [-0.39, 0.29) is 12.1 Å².